The molecule has 1 saturated heterocycles. The molecule has 2 heterocycles. The lowest BCUT2D eigenvalue weighted by molar-refractivity contribution is -0.141. The Hall–Kier alpha value is -1.19. The Morgan fingerprint density at radius 2 is 2.14 bits per heavy atom. The molecular formula is C12H15F3N2O3S. The Balaban J connectivity index is 2.12. The van der Waals surface area contributed by atoms with Crippen molar-refractivity contribution in [1.29, 1.82) is 0 Å². The third-order valence-electron chi connectivity index (χ3n) is 3.35. The molecule has 0 radical (unpaired) electrons. The van der Waals surface area contributed by atoms with Crippen LogP contribution in [0.25, 0.3) is 0 Å². The number of pyridine rings is 1. The molecule has 0 amide bonds. The first-order valence-electron chi connectivity index (χ1n) is 6.33. The summed E-state index contributed by atoms with van der Waals surface area (Å²) in [5.74, 6) is 0.0576. The molecule has 1 aliphatic heterocycles. The second kappa shape index (κ2) is 5.90. The van der Waals surface area contributed by atoms with Crippen molar-refractivity contribution >= 4 is 10.0 Å². The number of hydrogen-bond acceptors (Lipinski definition) is 4. The van der Waals surface area contributed by atoms with E-state index in [1.165, 1.54) is 0 Å². The van der Waals surface area contributed by atoms with E-state index in [1.807, 2.05) is 0 Å². The number of ether oxygens (including phenoxy) is 1. The van der Waals surface area contributed by atoms with E-state index >= 15 is 0 Å². The van der Waals surface area contributed by atoms with Gasteiger partial charge < -0.3 is 4.74 Å². The molecule has 9 heteroatoms. The molecule has 0 aromatic carbocycles. The van der Waals surface area contributed by atoms with E-state index in [2.05, 4.69) is 9.71 Å². The summed E-state index contributed by atoms with van der Waals surface area (Å²) < 4.78 is 69.0. The summed E-state index contributed by atoms with van der Waals surface area (Å²) in [5.41, 5.74) is -1.13. The maximum Gasteiger partial charge on any atom is 0.433 e. The lowest BCUT2D eigenvalue weighted by Crippen LogP contribution is -2.38. The van der Waals surface area contributed by atoms with Gasteiger partial charge in [-0.25, -0.2) is 13.1 Å². The fraction of sp³-hybridized carbons (Fsp3) is 0.583. The molecule has 1 fully saturated rings. The van der Waals surface area contributed by atoms with E-state index in [4.69, 9.17) is 4.74 Å². The highest BCUT2D eigenvalue weighted by atomic mass is 32.2. The largest absolute Gasteiger partial charge is 0.433 e. The van der Waals surface area contributed by atoms with Crippen LogP contribution in [0.5, 0.6) is 0 Å². The molecule has 0 spiro atoms. The number of hydrogen-bond donors (Lipinski definition) is 1. The Morgan fingerprint density at radius 3 is 2.62 bits per heavy atom. The maximum absolute atomic E-state index is 12.4. The summed E-state index contributed by atoms with van der Waals surface area (Å²) >= 11 is 0. The Bertz CT molecular complexity index is 581. The Kier molecular flexibility index (Phi) is 4.54. The molecule has 0 saturated carbocycles. The second-order valence-electron chi connectivity index (χ2n) is 4.91. The Morgan fingerprint density at radius 1 is 1.43 bits per heavy atom. The zero-order valence-electron chi connectivity index (χ0n) is 11.2. The zero-order valence-corrected chi connectivity index (χ0v) is 12.0. The molecule has 1 aliphatic rings. The highest BCUT2D eigenvalue weighted by molar-refractivity contribution is 7.89. The second-order valence-corrected chi connectivity index (χ2v) is 6.62. The average Bonchev–Trinajstić information content (AvgIpc) is 2.91. The van der Waals surface area contributed by atoms with Crippen molar-refractivity contribution in [1.82, 2.24) is 9.71 Å². The standard InChI is InChI=1S/C12H15F3N2O3S/c1-8(9-4-5-20-7-9)17-21(18,19)10-2-3-11(16-6-10)12(13,14)15/h2-3,6,8-9,17H,4-5,7H2,1H3/t8-,9+/m1/s1. The number of rotatable bonds is 4. The number of halogens is 3. The summed E-state index contributed by atoms with van der Waals surface area (Å²) in [7, 11) is -3.89. The zero-order chi connectivity index (χ0) is 15.7. The number of nitrogens with one attached hydrogen (secondary N) is 1. The highest BCUT2D eigenvalue weighted by Crippen LogP contribution is 2.27. The van der Waals surface area contributed by atoms with Crippen molar-refractivity contribution in [2.75, 3.05) is 13.2 Å². The molecule has 118 valence electrons. The van der Waals surface area contributed by atoms with Gasteiger partial charge in [-0.05, 0) is 25.5 Å². The van der Waals surface area contributed by atoms with Crippen molar-refractivity contribution < 1.29 is 26.3 Å². The SMILES string of the molecule is C[C@@H](NS(=O)(=O)c1ccc(C(F)(F)F)nc1)[C@H]1CCOC1. The van der Waals surface area contributed by atoms with Crippen molar-refractivity contribution in [3.63, 3.8) is 0 Å². The van der Waals surface area contributed by atoms with Crippen LogP contribution in [-0.2, 0) is 20.9 Å². The van der Waals surface area contributed by atoms with Crippen LogP contribution in [0.4, 0.5) is 13.2 Å². The van der Waals surface area contributed by atoms with Gasteiger partial charge in [0.1, 0.15) is 10.6 Å². The normalized spacial score (nSPS) is 21.4. The van der Waals surface area contributed by atoms with Crippen LogP contribution >= 0.6 is 0 Å². The lowest BCUT2D eigenvalue weighted by atomic mass is 10.0. The maximum atomic E-state index is 12.4. The summed E-state index contributed by atoms with van der Waals surface area (Å²) in [5, 5.41) is 0. The molecule has 2 atom stereocenters. The summed E-state index contributed by atoms with van der Waals surface area (Å²) in [4.78, 5) is 2.86. The van der Waals surface area contributed by atoms with Crippen molar-refractivity contribution in [2.45, 2.75) is 30.5 Å². The van der Waals surface area contributed by atoms with Gasteiger partial charge in [0, 0.05) is 24.8 Å². The molecule has 1 N–H and O–H groups in total. The van der Waals surface area contributed by atoms with Gasteiger partial charge in [-0.15, -0.1) is 0 Å². The fourth-order valence-electron chi connectivity index (χ4n) is 2.06. The van der Waals surface area contributed by atoms with Crippen LogP contribution in [-0.4, -0.2) is 32.7 Å². The number of alkyl halides is 3. The fourth-order valence-corrected chi connectivity index (χ4v) is 3.32. The number of sulfonamides is 1. The average molecular weight is 324 g/mol. The quantitative estimate of drug-likeness (QED) is 0.917. The number of aromatic nitrogens is 1. The molecular weight excluding hydrogens is 309 g/mol. The van der Waals surface area contributed by atoms with E-state index in [0.29, 0.717) is 25.5 Å². The topological polar surface area (TPSA) is 68.3 Å². The minimum Gasteiger partial charge on any atom is -0.381 e. The third kappa shape index (κ3) is 3.92. The van der Waals surface area contributed by atoms with Crippen LogP contribution < -0.4 is 4.72 Å². The van der Waals surface area contributed by atoms with E-state index in [0.717, 1.165) is 12.5 Å². The number of nitrogens with zero attached hydrogens (tertiary/aromatic N) is 1. The first-order valence-corrected chi connectivity index (χ1v) is 7.82. The van der Waals surface area contributed by atoms with Gasteiger partial charge in [0.05, 0.1) is 6.61 Å². The summed E-state index contributed by atoms with van der Waals surface area (Å²) in [6.45, 7) is 2.75. The van der Waals surface area contributed by atoms with Crippen LogP contribution in [0.1, 0.15) is 19.0 Å². The van der Waals surface area contributed by atoms with Crippen LogP contribution in [0.3, 0.4) is 0 Å². The van der Waals surface area contributed by atoms with Crippen molar-refractivity contribution in [3.8, 4) is 0 Å². The molecule has 21 heavy (non-hydrogen) atoms. The summed E-state index contributed by atoms with van der Waals surface area (Å²) in [6.07, 6.45) is -3.14. The minimum atomic E-state index is -4.59. The lowest BCUT2D eigenvalue weighted by Gasteiger charge is -2.19. The van der Waals surface area contributed by atoms with Gasteiger partial charge in [-0.1, -0.05) is 0 Å². The molecule has 2 rings (SSSR count). The first kappa shape index (κ1) is 16.2. The third-order valence-corrected chi connectivity index (χ3v) is 4.89. The molecule has 0 unspecified atom stereocenters. The van der Waals surface area contributed by atoms with Gasteiger partial charge in [-0.3, -0.25) is 4.98 Å². The van der Waals surface area contributed by atoms with Crippen LogP contribution in [0.2, 0.25) is 0 Å². The predicted octanol–water partition coefficient (Wildman–Crippen LogP) is 1.80. The van der Waals surface area contributed by atoms with Crippen LogP contribution in [0, 0.1) is 5.92 Å². The van der Waals surface area contributed by atoms with Gasteiger partial charge in [0.2, 0.25) is 10.0 Å². The van der Waals surface area contributed by atoms with Crippen molar-refractivity contribution in [2.24, 2.45) is 5.92 Å². The van der Waals surface area contributed by atoms with E-state index < -0.39 is 21.9 Å². The monoisotopic (exact) mass is 324 g/mol. The van der Waals surface area contributed by atoms with Gasteiger partial charge in [0.15, 0.2) is 0 Å². The first-order chi connectivity index (χ1) is 9.70. The van der Waals surface area contributed by atoms with E-state index in [9.17, 15) is 21.6 Å². The predicted molar refractivity (Wildman–Crippen MR) is 67.9 cm³/mol. The Labute approximate surface area is 120 Å². The van der Waals surface area contributed by atoms with Gasteiger partial charge in [0.25, 0.3) is 0 Å². The molecule has 0 bridgehead atoms. The smallest absolute Gasteiger partial charge is 0.381 e. The molecule has 0 aliphatic carbocycles. The van der Waals surface area contributed by atoms with E-state index in [-0.39, 0.29) is 16.9 Å². The summed E-state index contributed by atoms with van der Waals surface area (Å²) in [6, 6.07) is 1.19. The van der Waals surface area contributed by atoms with Crippen molar-refractivity contribution in [3.05, 3.63) is 24.0 Å². The van der Waals surface area contributed by atoms with Gasteiger partial charge >= 0.3 is 6.18 Å². The van der Waals surface area contributed by atoms with Crippen LogP contribution in [0.15, 0.2) is 23.2 Å². The molecule has 1 aromatic rings. The van der Waals surface area contributed by atoms with E-state index in [1.54, 1.807) is 6.92 Å². The minimum absolute atomic E-state index is 0.0576. The highest BCUT2D eigenvalue weighted by Gasteiger charge is 2.33. The van der Waals surface area contributed by atoms with Gasteiger partial charge in [-0.2, -0.15) is 13.2 Å². The molecule has 1 aromatic heterocycles. The molecule has 5 nitrogen and oxygen atoms in total.